The van der Waals surface area contributed by atoms with Crippen LogP contribution in [-0.2, 0) is 23.2 Å². The summed E-state index contributed by atoms with van der Waals surface area (Å²) in [4.78, 5) is 16.3. The number of benzene rings is 1. The van der Waals surface area contributed by atoms with E-state index in [2.05, 4.69) is 15.5 Å². The number of amides is 1. The molecule has 0 aliphatic rings. The monoisotopic (exact) mass is 331 g/mol. The number of aryl methyl sites for hydroxylation is 1. The Kier molecular flexibility index (Phi) is 5.95. The Morgan fingerprint density at radius 1 is 1.33 bits per heavy atom. The molecule has 2 rings (SSSR count). The largest absolute Gasteiger partial charge is 0.497 e. The first-order valence-electron chi connectivity index (χ1n) is 8.11. The van der Waals surface area contributed by atoms with Gasteiger partial charge in [-0.2, -0.15) is 4.98 Å². The van der Waals surface area contributed by atoms with Crippen LogP contribution in [0.4, 0.5) is 0 Å². The van der Waals surface area contributed by atoms with Gasteiger partial charge in [0.1, 0.15) is 5.75 Å². The van der Waals surface area contributed by atoms with Crippen LogP contribution < -0.4 is 10.1 Å². The van der Waals surface area contributed by atoms with E-state index in [0.29, 0.717) is 37.5 Å². The molecule has 0 aliphatic carbocycles. The van der Waals surface area contributed by atoms with E-state index in [1.165, 1.54) is 0 Å². The number of aromatic nitrogens is 2. The summed E-state index contributed by atoms with van der Waals surface area (Å²) in [5, 5.41) is 6.88. The number of hydrogen-bond donors (Lipinski definition) is 1. The van der Waals surface area contributed by atoms with E-state index in [0.717, 1.165) is 11.3 Å². The number of carbonyl (C=O) groups excluding carboxylic acids is 1. The molecule has 0 atom stereocenters. The van der Waals surface area contributed by atoms with Gasteiger partial charge in [0, 0.05) is 24.8 Å². The molecule has 2 aromatic rings. The maximum Gasteiger partial charge on any atom is 0.226 e. The van der Waals surface area contributed by atoms with Gasteiger partial charge in [-0.3, -0.25) is 4.79 Å². The Morgan fingerprint density at radius 2 is 2.12 bits per heavy atom. The van der Waals surface area contributed by atoms with E-state index in [1.54, 1.807) is 7.11 Å². The summed E-state index contributed by atoms with van der Waals surface area (Å²) in [5.74, 6) is 2.07. The van der Waals surface area contributed by atoms with E-state index in [1.807, 2.05) is 45.0 Å². The molecule has 0 aliphatic heterocycles. The van der Waals surface area contributed by atoms with Gasteiger partial charge in [-0.15, -0.1) is 0 Å². The van der Waals surface area contributed by atoms with Crippen molar-refractivity contribution in [1.29, 1.82) is 0 Å². The molecule has 0 unspecified atom stereocenters. The zero-order chi connectivity index (χ0) is 17.6. The molecular formula is C18H25N3O3. The van der Waals surface area contributed by atoms with Crippen molar-refractivity contribution in [3.63, 3.8) is 0 Å². The topological polar surface area (TPSA) is 77.2 Å². The van der Waals surface area contributed by atoms with E-state index in [4.69, 9.17) is 9.26 Å². The van der Waals surface area contributed by atoms with Crippen LogP contribution in [0.3, 0.4) is 0 Å². The molecule has 0 bridgehead atoms. The molecule has 1 N–H and O–H groups in total. The molecule has 0 saturated carbocycles. The summed E-state index contributed by atoms with van der Waals surface area (Å²) in [6.07, 6.45) is 1.71. The van der Waals surface area contributed by atoms with Gasteiger partial charge in [-0.05, 0) is 24.1 Å². The fourth-order valence-corrected chi connectivity index (χ4v) is 2.13. The molecule has 1 heterocycles. The van der Waals surface area contributed by atoms with Gasteiger partial charge >= 0.3 is 0 Å². The molecule has 0 radical (unpaired) electrons. The summed E-state index contributed by atoms with van der Waals surface area (Å²) in [5.41, 5.74) is 0.880. The van der Waals surface area contributed by atoms with Gasteiger partial charge < -0.3 is 14.6 Å². The second-order valence-corrected chi connectivity index (χ2v) is 6.74. The number of hydrogen-bond acceptors (Lipinski definition) is 5. The molecule has 0 fully saturated rings. The molecule has 130 valence electrons. The molecule has 1 amide bonds. The lowest BCUT2D eigenvalue weighted by molar-refractivity contribution is -0.121. The number of methoxy groups -OCH3 is 1. The highest BCUT2D eigenvalue weighted by molar-refractivity contribution is 5.75. The Morgan fingerprint density at radius 3 is 2.79 bits per heavy atom. The number of nitrogens with one attached hydrogen (secondary N) is 1. The first-order chi connectivity index (χ1) is 11.4. The van der Waals surface area contributed by atoms with Gasteiger partial charge in [0.15, 0.2) is 5.82 Å². The summed E-state index contributed by atoms with van der Waals surface area (Å²) in [6, 6.07) is 7.65. The minimum absolute atomic E-state index is 0.00776. The third-order valence-corrected chi connectivity index (χ3v) is 3.56. The molecule has 1 aromatic heterocycles. The third-order valence-electron chi connectivity index (χ3n) is 3.56. The van der Waals surface area contributed by atoms with Crippen LogP contribution in [-0.4, -0.2) is 23.2 Å². The predicted octanol–water partition coefficient (Wildman–Crippen LogP) is 3.01. The minimum atomic E-state index is -0.129. The second-order valence-electron chi connectivity index (χ2n) is 6.74. The van der Waals surface area contributed by atoms with Crippen LogP contribution in [0.2, 0.25) is 0 Å². The molecule has 0 saturated heterocycles. The number of nitrogens with zero attached hydrogens (tertiary/aromatic N) is 2. The van der Waals surface area contributed by atoms with Crippen molar-refractivity contribution in [2.75, 3.05) is 7.11 Å². The lowest BCUT2D eigenvalue weighted by atomic mass is 9.96. The van der Waals surface area contributed by atoms with Gasteiger partial charge in [0.25, 0.3) is 0 Å². The average Bonchev–Trinajstić information content (AvgIpc) is 3.02. The lowest BCUT2D eigenvalue weighted by Crippen LogP contribution is -2.22. The van der Waals surface area contributed by atoms with Crippen molar-refractivity contribution >= 4 is 5.91 Å². The summed E-state index contributed by atoms with van der Waals surface area (Å²) < 4.78 is 10.4. The van der Waals surface area contributed by atoms with Gasteiger partial charge in [0.2, 0.25) is 11.8 Å². The van der Waals surface area contributed by atoms with E-state index < -0.39 is 0 Å². The lowest BCUT2D eigenvalue weighted by Gasteiger charge is -2.10. The minimum Gasteiger partial charge on any atom is -0.497 e. The highest BCUT2D eigenvalue weighted by Gasteiger charge is 2.20. The second kappa shape index (κ2) is 7.95. The number of ether oxygens (including phenoxy) is 1. The van der Waals surface area contributed by atoms with Crippen LogP contribution in [0.1, 0.15) is 50.9 Å². The maximum absolute atomic E-state index is 11.9. The Hall–Kier alpha value is -2.37. The Bertz CT molecular complexity index is 674. The molecule has 6 heteroatoms. The van der Waals surface area contributed by atoms with Crippen molar-refractivity contribution in [3.8, 4) is 5.75 Å². The highest BCUT2D eigenvalue weighted by Crippen LogP contribution is 2.19. The molecule has 0 spiro atoms. The quantitative estimate of drug-likeness (QED) is 0.844. The van der Waals surface area contributed by atoms with Crippen LogP contribution in [0.5, 0.6) is 5.75 Å². The fourth-order valence-electron chi connectivity index (χ4n) is 2.13. The number of carbonyl (C=O) groups is 1. The summed E-state index contributed by atoms with van der Waals surface area (Å²) >= 11 is 0. The predicted molar refractivity (Wildman–Crippen MR) is 90.8 cm³/mol. The summed E-state index contributed by atoms with van der Waals surface area (Å²) in [7, 11) is 1.63. The molecular weight excluding hydrogens is 306 g/mol. The molecule has 24 heavy (non-hydrogen) atoms. The zero-order valence-corrected chi connectivity index (χ0v) is 14.8. The first-order valence-corrected chi connectivity index (χ1v) is 8.11. The molecule has 1 aromatic carbocycles. The summed E-state index contributed by atoms with van der Waals surface area (Å²) in [6.45, 7) is 6.60. The molecule has 6 nitrogen and oxygen atoms in total. The Labute approximate surface area is 142 Å². The van der Waals surface area contributed by atoms with Crippen LogP contribution in [0, 0.1) is 0 Å². The van der Waals surface area contributed by atoms with Crippen molar-refractivity contribution in [1.82, 2.24) is 15.5 Å². The SMILES string of the molecule is COc1cccc(CNC(=O)CCCc2nc(C(C)(C)C)no2)c1. The van der Waals surface area contributed by atoms with Crippen molar-refractivity contribution < 1.29 is 14.1 Å². The van der Waals surface area contributed by atoms with Crippen molar-refractivity contribution in [2.45, 2.75) is 52.0 Å². The third kappa shape index (κ3) is 5.37. The maximum atomic E-state index is 11.9. The number of rotatable bonds is 7. The zero-order valence-electron chi connectivity index (χ0n) is 14.8. The standard InChI is InChI=1S/C18H25N3O3/c1-18(2,3)17-20-16(24-21-17)10-6-9-15(22)19-12-13-7-5-8-14(11-13)23-4/h5,7-8,11H,6,9-10,12H2,1-4H3,(H,19,22). The average molecular weight is 331 g/mol. The van der Waals surface area contributed by atoms with Crippen molar-refractivity contribution in [3.05, 3.63) is 41.5 Å². The smallest absolute Gasteiger partial charge is 0.226 e. The highest BCUT2D eigenvalue weighted by atomic mass is 16.5. The first kappa shape index (κ1) is 18.0. The van der Waals surface area contributed by atoms with Gasteiger partial charge in [-0.25, -0.2) is 0 Å². The van der Waals surface area contributed by atoms with E-state index >= 15 is 0 Å². The van der Waals surface area contributed by atoms with Crippen LogP contribution in [0.25, 0.3) is 0 Å². The van der Waals surface area contributed by atoms with Gasteiger partial charge in [0.05, 0.1) is 7.11 Å². The fraction of sp³-hybridized carbons (Fsp3) is 0.500. The van der Waals surface area contributed by atoms with Crippen molar-refractivity contribution in [2.24, 2.45) is 0 Å². The van der Waals surface area contributed by atoms with Crippen LogP contribution >= 0.6 is 0 Å². The van der Waals surface area contributed by atoms with E-state index in [9.17, 15) is 4.79 Å². The van der Waals surface area contributed by atoms with E-state index in [-0.39, 0.29) is 11.3 Å². The van der Waals surface area contributed by atoms with Gasteiger partial charge in [-0.1, -0.05) is 38.1 Å². The Balaban J connectivity index is 1.72. The normalized spacial score (nSPS) is 11.3. The van der Waals surface area contributed by atoms with Crippen LogP contribution in [0.15, 0.2) is 28.8 Å².